The Kier molecular flexibility index (Phi) is 2.43. The van der Waals surface area contributed by atoms with Gasteiger partial charge in [0.2, 0.25) is 0 Å². The fourth-order valence-electron chi connectivity index (χ4n) is 0.187. The maximum Gasteiger partial charge on any atom is 0.307 e. The molecule has 0 aliphatic rings. The summed E-state index contributed by atoms with van der Waals surface area (Å²) >= 11 is 4.95. The molecule has 0 N–H and O–H groups in total. The molecule has 0 spiro atoms. The molecule has 2 nitrogen and oxygen atoms in total. The maximum absolute atomic E-state index is 11.5. The van der Waals surface area contributed by atoms with Crippen LogP contribution >= 0.6 is 11.6 Å². The van der Waals surface area contributed by atoms with Crippen molar-refractivity contribution in [3.63, 3.8) is 0 Å². The van der Waals surface area contributed by atoms with Gasteiger partial charge in [0.05, 0.1) is 0 Å². The second-order valence-corrected chi connectivity index (χ2v) is 3.10. The van der Waals surface area contributed by atoms with Crippen molar-refractivity contribution in [1.29, 1.82) is 0 Å². The van der Waals surface area contributed by atoms with Gasteiger partial charge < -0.3 is 0 Å². The van der Waals surface area contributed by atoms with Gasteiger partial charge in [0.1, 0.15) is 5.75 Å². The summed E-state index contributed by atoms with van der Waals surface area (Å²) in [6.45, 7) is 2.99. The molecule has 0 saturated carbocycles. The van der Waals surface area contributed by atoms with Crippen molar-refractivity contribution >= 4 is 21.8 Å². The first-order valence-corrected chi connectivity index (χ1v) is 3.60. The van der Waals surface area contributed by atoms with Crippen molar-refractivity contribution in [1.82, 2.24) is 0 Å². The van der Waals surface area contributed by atoms with Gasteiger partial charge in [-0.15, -0.1) is 3.89 Å². The highest BCUT2D eigenvalue weighted by molar-refractivity contribution is 7.86. The summed E-state index contributed by atoms with van der Waals surface area (Å²) in [5.41, 5.74) is 0. The van der Waals surface area contributed by atoms with E-state index in [1.54, 1.807) is 0 Å². The summed E-state index contributed by atoms with van der Waals surface area (Å²) in [5.74, 6) is -0.797. The molecule has 0 aromatic carbocycles. The molecule has 0 radical (unpaired) electrons. The van der Waals surface area contributed by atoms with E-state index in [0.717, 1.165) is 0 Å². The van der Waals surface area contributed by atoms with Crippen LogP contribution in [0.2, 0.25) is 0 Å². The van der Waals surface area contributed by atoms with E-state index in [2.05, 4.69) is 6.58 Å². The standard InChI is InChI=1S/C3H4ClFO2S/c1-3(4)2-8(5,6)7/h1-2H2. The van der Waals surface area contributed by atoms with Crippen LogP contribution in [0.4, 0.5) is 3.89 Å². The van der Waals surface area contributed by atoms with Crippen LogP contribution < -0.4 is 0 Å². The van der Waals surface area contributed by atoms with E-state index in [4.69, 9.17) is 11.6 Å². The molecule has 0 bridgehead atoms. The fraction of sp³-hybridized carbons (Fsp3) is 0.333. The molecule has 0 fully saturated rings. The van der Waals surface area contributed by atoms with Gasteiger partial charge in [-0.25, -0.2) is 0 Å². The van der Waals surface area contributed by atoms with Crippen LogP contribution in [0.5, 0.6) is 0 Å². The molecular formula is C3H4ClFO2S. The van der Waals surface area contributed by atoms with Crippen LogP contribution in [-0.4, -0.2) is 14.2 Å². The average Bonchev–Trinajstić information content (AvgIpc) is 1.21. The molecule has 0 amide bonds. The Bertz CT molecular complexity index is 183. The molecule has 0 aliphatic heterocycles. The van der Waals surface area contributed by atoms with E-state index >= 15 is 0 Å². The second-order valence-electron chi connectivity index (χ2n) is 1.20. The minimum absolute atomic E-state index is 0.215. The third kappa shape index (κ3) is 5.91. The summed E-state index contributed by atoms with van der Waals surface area (Å²) in [6.07, 6.45) is 0. The fourth-order valence-corrected chi connectivity index (χ4v) is 0.952. The Hall–Kier alpha value is -0.0900. The van der Waals surface area contributed by atoms with Crippen LogP contribution in [0.15, 0.2) is 11.6 Å². The van der Waals surface area contributed by atoms with E-state index in [-0.39, 0.29) is 5.03 Å². The topological polar surface area (TPSA) is 34.1 Å². The van der Waals surface area contributed by atoms with Crippen LogP contribution in [0.3, 0.4) is 0 Å². The number of rotatable bonds is 2. The predicted octanol–water partition coefficient (Wildman–Crippen LogP) is 1.04. The molecule has 5 heteroatoms. The van der Waals surface area contributed by atoms with Crippen molar-refractivity contribution in [3.8, 4) is 0 Å². The van der Waals surface area contributed by atoms with Gasteiger partial charge in [-0.1, -0.05) is 18.2 Å². The van der Waals surface area contributed by atoms with Crippen LogP contribution in [-0.2, 0) is 10.2 Å². The molecule has 0 atom stereocenters. The minimum Gasteiger partial charge on any atom is -0.194 e. The summed E-state index contributed by atoms with van der Waals surface area (Å²) < 4.78 is 30.7. The van der Waals surface area contributed by atoms with E-state index in [1.165, 1.54) is 0 Å². The molecule has 8 heavy (non-hydrogen) atoms. The third-order valence-electron chi connectivity index (χ3n) is 0.329. The average molecular weight is 159 g/mol. The van der Waals surface area contributed by atoms with Crippen molar-refractivity contribution < 1.29 is 12.3 Å². The largest absolute Gasteiger partial charge is 0.307 e. The first-order valence-electron chi connectivity index (χ1n) is 1.67. The lowest BCUT2D eigenvalue weighted by Crippen LogP contribution is -1.96. The van der Waals surface area contributed by atoms with Crippen molar-refractivity contribution in [3.05, 3.63) is 11.6 Å². The summed E-state index contributed by atoms with van der Waals surface area (Å²) in [4.78, 5) is 0. The SMILES string of the molecule is C=C(Cl)CS(=O)(=O)F. The molecule has 0 aliphatic carbocycles. The number of hydrogen-bond acceptors (Lipinski definition) is 2. The van der Waals surface area contributed by atoms with Crippen LogP contribution in [0, 0.1) is 0 Å². The monoisotopic (exact) mass is 158 g/mol. The van der Waals surface area contributed by atoms with E-state index < -0.39 is 16.0 Å². The lowest BCUT2D eigenvalue weighted by atomic mass is 10.8. The van der Waals surface area contributed by atoms with Gasteiger partial charge in [-0.3, -0.25) is 0 Å². The van der Waals surface area contributed by atoms with Gasteiger partial charge in [-0.05, 0) is 0 Å². The van der Waals surface area contributed by atoms with Gasteiger partial charge in [-0.2, -0.15) is 8.42 Å². The zero-order valence-corrected chi connectivity index (χ0v) is 5.47. The molecular weight excluding hydrogens is 155 g/mol. The second kappa shape index (κ2) is 2.46. The third-order valence-corrected chi connectivity index (χ3v) is 1.31. The lowest BCUT2D eigenvalue weighted by Gasteiger charge is -1.86. The number of hydrogen-bond donors (Lipinski definition) is 0. The van der Waals surface area contributed by atoms with Gasteiger partial charge in [0.25, 0.3) is 0 Å². The van der Waals surface area contributed by atoms with Gasteiger partial charge in [0, 0.05) is 5.03 Å². The molecule has 0 heterocycles. The quantitative estimate of drug-likeness (QED) is 0.563. The first-order chi connectivity index (χ1) is 3.42. The lowest BCUT2D eigenvalue weighted by molar-refractivity contribution is 0.555. The Balaban J connectivity index is 3.95. The first kappa shape index (κ1) is 7.91. The highest BCUT2D eigenvalue weighted by Crippen LogP contribution is 2.02. The Morgan fingerprint density at radius 3 is 2.12 bits per heavy atom. The molecule has 0 saturated heterocycles. The zero-order chi connectivity index (χ0) is 6.78. The maximum atomic E-state index is 11.5. The highest BCUT2D eigenvalue weighted by Gasteiger charge is 2.06. The minimum atomic E-state index is -4.45. The van der Waals surface area contributed by atoms with Gasteiger partial charge >= 0.3 is 10.2 Å². The van der Waals surface area contributed by atoms with Crippen molar-refractivity contribution in [2.75, 3.05) is 5.75 Å². The van der Waals surface area contributed by atoms with E-state index in [0.29, 0.717) is 0 Å². The zero-order valence-electron chi connectivity index (χ0n) is 3.89. The van der Waals surface area contributed by atoms with Crippen LogP contribution in [0.1, 0.15) is 0 Å². The molecule has 48 valence electrons. The summed E-state index contributed by atoms with van der Waals surface area (Å²) in [6, 6.07) is 0. The Morgan fingerprint density at radius 1 is 1.75 bits per heavy atom. The van der Waals surface area contributed by atoms with Gasteiger partial charge in [0.15, 0.2) is 0 Å². The van der Waals surface area contributed by atoms with Crippen LogP contribution in [0.25, 0.3) is 0 Å². The van der Waals surface area contributed by atoms with E-state index in [9.17, 15) is 12.3 Å². The molecule has 0 rings (SSSR count). The van der Waals surface area contributed by atoms with Crippen molar-refractivity contribution in [2.24, 2.45) is 0 Å². The number of halogens is 2. The summed E-state index contributed by atoms with van der Waals surface area (Å²) in [7, 11) is -4.45. The van der Waals surface area contributed by atoms with Crippen molar-refractivity contribution in [2.45, 2.75) is 0 Å². The Morgan fingerprint density at radius 2 is 2.12 bits per heavy atom. The van der Waals surface area contributed by atoms with E-state index in [1.807, 2.05) is 0 Å². The molecule has 0 aromatic heterocycles. The smallest absolute Gasteiger partial charge is 0.194 e. The summed E-state index contributed by atoms with van der Waals surface area (Å²) in [5, 5.41) is -0.215. The predicted molar refractivity (Wildman–Crippen MR) is 29.9 cm³/mol. The molecule has 0 unspecified atom stereocenters. The normalized spacial score (nSPS) is 11.2. The Labute approximate surface area is 52.2 Å². The molecule has 0 aromatic rings. The highest BCUT2D eigenvalue weighted by atomic mass is 35.5.